The summed E-state index contributed by atoms with van der Waals surface area (Å²) in [4.78, 5) is 18.6. The quantitative estimate of drug-likeness (QED) is 0.703. The minimum atomic E-state index is -0.416. The van der Waals surface area contributed by atoms with Crippen LogP contribution < -0.4 is 10.7 Å². The zero-order valence-electron chi connectivity index (χ0n) is 8.42. The molecule has 0 spiro atoms. The molecular weight excluding hydrogens is 200 g/mol. The average molecular weight is 208 g/mol. The van der Waals surface area contributed by atoms with Gasteiger partial charge in [0.1, 0.15) is 0 Å². The molecule has 1 aliphatic heterocycles. The van der Waals surface area contributed by atoms with Gasteiger partial charge in [0.2, 0.25) is 0 Å². The van der Waals surface area contributed by atoms with E-state index < -0.39 is 6.03 Å². The van der Waals surface area contributed by atoms with Crippen LogP contribution in [0.5, 0.6) is 0 Å². The number of carbonyl (C=O) groups excluding carboxylic acids is 1. The van der Waals surface area contributed by atoms with Crippen molar-refractivity contribution in [2.45, 2.75) is 0 Å². The number of carbonyl (C=O) groups is 1. The zero-order valence-corrected chi connectivity index (χ0v) is 8.42. The van der Waals surface area contributed by atoms with E-state index in [-0.39, 0.29) is 0 Å². The molecule has 0 bridgehead atoms. The second kappa shape index (κ2) is 3.38. The Bertz CT molecular complexity index is 675. The first-order valence-corrected chi connectivity index (χ1v) is 5.00. The van der Waals surface area contributed by atoms with Crippen molar-refractivity contribution in [3.05, 3.63) is 59.2 Å². The van der Waals surface area contributed by atoms with E-state index in [1.165, 1.54) is 0 Å². The summed E-state index contributed by atoms with van der Waals surface area (Å²) in [6, 6.07) is 15.2. The maximum Gasteiger partial charge on any atom is 0.368 e. The number of hydrogen-bond acceptors (Lipinski definition) is 1. The first-order valence-electron chi connectivity index (χ1n) is 5.00. The Morgan fingerprint density at radius 2 is 1.50 bits per heavy atom. The van der Waals surface area contributed by atoms with Gasteiger partial charge in [-0.1, -0.05) is 36.4 Å². The van der Waals surface area contributed by atoms with E-state index in [0.29, 0.717) is 10.7 Å². The molecular formula is C13H8N2O. The van der Waals surface area contributed by atoms with Crippen LogP contribution in [0.4, 0.5) is 4.79 Å². The minimum absolute atomic E-state index is 0.416. The molecule has 0 aromatic heterocycles. The summed E-state index contributed by atoms with van der Waals surface area (Å²) in [6.45, 7) is 0. The van der Waals surface area contributed by atoms with Gasteiger partial charge in [0.05, 0.1) is 10.7 Å². The first kappa shape index (κ1) is 8.97. The molecule has 0 saturated heterocycles. The smallest absolute Gasteiger partial charge is 0.244 e. The SMILES string of the molecule is O=C1N=c2ccc(-c3ccccc3)cc2=N1. The number of urea groups is 1. The van der Waals surface area contributed by atoms with Crippen LogP contribution >= 0.6 is 0 Å². The molecule has 0 unspecified atom stereocenters. The molecule has 0 saturated carbocycles. The van der Waals surface area contributed by atoms with Gasteiger partial charge in [0, 0.05) is 0 Å². The van der Waals surface area contributed by atoms with Gasteiger partial charge in [0.15, 0.2) is 0 Å². The van der Waals surface area contributed by atoms with E-state index >= 15 is 0 Å². The largest absolute Gasteiger partial charge is 0.368 e. The molecule has 16 heavy (non-hydrogen) atoms. The van der Waals surface area contributed by atoms with E-state index in [2.05, 4.69) is 9.98 Å². The Morgan fingerprint density at radius 1 is 0.750 bits per heavy atom. The van der Waals surface area contributed by atoms with Gasteiger partial charge in [-0.3, -0.25) is 0 Å². The molecule has 76 valence electrons. The monoisotopic (exact) mass is 208 g/mol. The molecule has 2 aromatic carbocycles. The van der Waals surface area contributed by atoms with Crippen LogP contribution in [-0.4, -0.2) is 6.03 Å². The van der Waals surface area contributed by atoms with Gasteiger partial charge in [-0.15, -0.1) is 0 Å². The van der Waals surface area contributed by atoms with E-state index in [1.54, 1.807) is 0 Å². The van der Waals surface area contributed by atoms with E-state index in [9.17, 15) is 4.79 Å². The molecule has 0 N–H and O–H groups in total. The topological polar surface area (TPSA) is 41.8 Å². The van der Waals surface area contributed by atoms with Gasteiger partial charge in [-0.05, 0) is 23.3 Å². The summed E-state index contributed by atoms with van der Waals surface area (Å²) in [7, 11) is 0. The number of rotatable bonds is 1. The van der Waals surface area contributed by atoms with Crippen molar-refractivity contribution in [3.8, 4) is 11.1 Å². The summed E-state index contributed by atoms with van der Waals surface area (Å²) in [5.41, 5.74) is 2.16. The summed E-state index contributed by atoms with van der Waals surface area (Å²) < 4.78 is 0. The van der Waals surface area contributed by atoms with Crippen molar-refractivity contribution in [2.75, 3.05) is 0 Å². The molecule has 0 fully saturated rings. The Hall–Kier alpha value is -2.29. The first-order chi connectivity index (χ1) is 7.83. The highest BCUT2D eigenvalue weighted by Crippen LogP contribution is 2.15. The van der Waals surface area contributed by atoms with Crippen LogP contribution in [0.25, 0.3) is 11.1 Å². The average Bonchev–Trinajstić information content (AvgIpc) is 2.69. The lowest BCUT2D eigenvalue weighted by molar-refractivity contribution is 0.256. The maximum absolute atomic E-state index is 11.0. The number of hydrogen-bond donors (Lipinski definition) is 0. The van der Waals surface area contributed by atoms with Gasteiger partial charge in [-0.2, -0.15) is 9.98 Å². The third-order valence-electron chi connectivity index (χ3n) is 2.51. The predicted molar refractivity (Wildman–Crippen MR) is 59.6 cm³/mol. The maximum atomic E-state index is 11.0. The standard InChI is InChI=1S/C13H8N2O/c16-13-14-11-7-6-10(8-12(11)15-13)9-4-2-1-3-5-9/h1-8H. The lowest BCUT2D eigenvalue weighted by atomic mass is 10.1. The third kappa shape index (κ3) is 1.42. The van der Waals surface area contributed by atoms with Crippen LogP contribution in [0, 0.1) is 0 Å². The molecule has 3 rings (SSSR count). The van der Waals surface area contributed by atoms with Crippen LogP contribution in [0.3, 0.4) is 0 Å². The van der Waals surface area contributed by atoms with E-state index in [1.807, 2.05) is 48.5 Å². The molecule has 3 heteroatoms. The van der Waals surface area contributed by atoms with Gasteiger partial charge >= 0.3 is 6.03 Å². The Kier molecular flexibility index (Phi) is 1.90. The van der Waals surface area contributed by atoms with Crippen molar-refractivity contribution in [2.24, 2.45) is 9.98 Å². The minimum Gasteiger partial charge on any atom is -0.244 e. The highest BCUT2D eigenvalue weighted by atomic mass is 16.2. The Balaban J connectivity index is 2.21. The molecule has 1 aliphatic rings. The van der Waals surface area contributed by atoms with Crippen LogP contribution in [0.1, 0.15) is 0 Å². The fraction of sp³-hybridized carbons (Fsp3) is 0. The van der Waals surface area contributed by atoms with E-state index in [0.717, 1.165) is 11.1 Å². The molecule has 0 atom stereocenters. The van der Waals surface area contributed by atoms with Crippen molar-refractivity contribution >= 4 is 6.03 Å². The van der Waals surface area contributed by atoms with Gasteiger partial charge in [0.25, 0.3) is 0 Å². The molecule has 0 radical (unpaired) electrons. The number of nitrogens with zero attached hydrogens (tertiary/aromatic N) is 2. The van der Waals surface area contributed by atoms with Crippen molar-refractivity contribution < 1.29 is 4.79 Å². The lowest BCUT2D eigenvalue weighted by Gasteiger charge is -1.99. The van der Waals surface area contributed by atoms with Crippen molar-refractivity contribution in [3.63, 3.8) is 0 Å². The van der Waals surface area contributed by atoms with Crippen LogP contribution in [-0.2, 0) is 0 Å². The summed E-state index contributed by atoms with van der Waals surface area (Å²) in [5.74, 6) is 0. The molecule has 1 heterocycles. The predicted octanol–water partition coefficient (Wildman–Crippen LogP) is 1.73. The highest BCUT2D eigenvalue weighted by molar-refractivity contribution is 5.77. The third-order valence-corrected chi connectivity index (χ3v) is 2.51. The van der Waals surface area contributed by atoms with Gasteiger partial charge < -0.3 is 0 Å². The number of amides is 2. The molecule has 0 aliphatic carbocycles. The fourth-order valence-electron chi connectivity index (χ4n) is 1.75. The second-order valence-electron chi connectivity index (χ2n) is 3.58. The Labute approximate surface area is 91.8 Å². The van der Waals surface area contributed by atoms with Crippen LogP contribution in [0.2, 0.25) is 0 Å². The van der Waals surface area contributed by atoms with Crippen LogP contribution in [0.15, 0.2) is 58.5 Å². The van der Waals surface area contributed by atoms with Crippen molar-refractivity contribution in [1.82, 2.24) is 0 Å². The molecule has 3 nitrogen and oxygen atoms in total. The highest BCUT2D eigenvalue weighted by Gasteiger charge is 2.05. The summed E-state index contributed by atoms with van der Waals surface area (Å²) >= 11 is 0. The zero-order chi connectivity index (χ0) is 11.0. The summed E-state index contributed by atoms with van der Waals surface area (Å²) in [6.07, 6.45) is 0. The number of benzene rings is 2. The van der Waals surface area contributed by atoms with Crippen molar-refractivity contribution in [1.29, 1.82) is 0 Å². The molecule has 2 amide bonds. The number of fused-ring (bicyclic) bond motifs is 1. The lowest BCUT2D eigenvalue weighted by Crippen LogP contribution is -2.20. The fourth-order valence-corrected chi connectivity index (χ4v) is 1.75. The molecule has 2 aromatic rings. The second-order valence-corrected chi connectivity index (χ2v) is 3.58. The van der Waals surface area contributed by atoms with Gasteiger partial charge in [-0.25, -0.2) is 4.79 Å². The normalized spacial score (nSPS) is 12.9. The Morgan fingerprint density at radius 3 is 2.31 bits per heavy atom. The summed E-state index contributed by atoms with van der Waals surface area (Å²) in [5, 5.41) is 1.32. The van der Waals surface area contributed by atoms with E-state index in [4.69, 9.17) is 0 Å².